The van der Waals surface area contributed by atoms with Crippen LogP contribution < -0.4 is 25.0 Å². The minimum absolute atomic E-state index is 0.145. The van der Waals surface area contributed by atoms with Gasteiger partial charge in [-0.05, 0) is 46.3 Å². The molecule has 0 saturated heterocycles. The van der Waals surface area contributed by atoms with Gasteiger partial charge >= 0.3 is 11.8 Å². The summed E-state index contributed by atoms with van der Waals surface area (Å²) < 4.78 is 16.3. The lowest BCUT2D eigenvalue weighted by molar-refractivity contribution is -0.136. The molecule has 0 saturated carbocycles. The van der Waals surface area contributed by atoms with Gasteiger partial charge in [-0.1, -0.05) is 11.6 Å². The van der Waals surface area contributed by atoms with Crippen molar-refractivity contribution in [3.05, 3.63) is 45.4 Å². The van der Waals surface area contributed by atoms with E-state index in [4.69, 9.17) is 25.8 Å². The Morgan fingerprint density at radius 1 is 1.22 bits per heavy atom. The molecule has 1 aliphatic rings. The van der Waals surface area contributed by atoms with Gasteiger partial charge in [0.2, 0.25) is 6.79 Å². The maximum absolute atomic E-state index is 12.0. The van der Waals surface area contributed by atoms with E-state index in [0.29, 0.717) is 32.3 Å². The lowest BCUT2D eigenvalue weighted by Crippen LogP contribution is -2.32. The quantitative estimate of drug-likeness (QED) is 0.420. The van der Waals surface area contributed by atoms with Crippen molar-refractivity contribution in [2.45, 2.75) is 0 Å². The molecule has 2 aromatic rings. The van der Waals surface area contributed by atoms with E-state index in [1.54, 1.807) is 24.3 Å². The molecule has 27 heavy (non-hydrogen) atoms. The Balaban J connectivity index is 1.63. The maximum atomic E-state index is 12.0. The third kappa shape index (κ3) is 4.50. The number of methoxy groups -OCH3 is 1. The zero-order valence-corrected chi connectivity index (χ0v) is 16.3. The van der Waals surface area contributed by atoms with Crippen molar-refractivity contribution in [2.75, 3.05) is 19.2 Å². The van der Waals surface area contributed by atoms with Gasteiger partial charge in [-0.15, -0.1) is 0 Å². The number of hydrazone groups is 1. The molecule has 1 heterocycles. The number of fused-ring (bicyclic) bond motifs is 1. The van der Waals surface area contributed by atoms with Crippen molar-refractivity contribution < 1.29 is 23.8 Å². The highest BCUT2D eigenvalue weighted by atomic mass is 79.9. The second kappa shape index (κ2) is 8.28. The van der Waals surface area contributed by atoms with E-state index in [-0.39, 0.29) is 12.5 Å². The maximum Gasteiger partial charge on any atom is 0.329 e. The average Bonchev–Trinajstić information content (AvgIpc) is 3.09. The van der Waals surface area contributed by atoms with E-state index < -0.39 is 11.8 Å². The first-order valence-corrected chi connectivity index (χ1v) is 8.72. The van der Waals surface area contributed by atoms with Crippen molar-refractivity contribution in [3.63, 3.8) is 0 Å². The number of hydrogen-bond donors (Lipinski definition) is 2. The van der Waals surface area contributed by atoms with E-state index >= 15 is 0 Å². The first-order chi connectivity index (χ1) is 13.0. The number of rotatable bonds is 4. The van der Waals surface area contributed by atoms with Gasteiger partial charge in [0, 0.05) is 15.1 Å². The molecule has 10 heteroatoms. The summed E-state index contributed by atoms with van der Waals surface area (Å²) in [7, 11) is 1.44. The number of amides is 2. The van der Waals surface area contributed by atoms with Crippen molar-refractivity contribution in [3.8, 4) is 17.2 Å². The van der Waals surface area contributed by atoms with Gasteiger partial charge in [0.05, 0.1) is 19.0 Å². The Morgan fingerprint density at radius 3 is 2.70 bits per heavy atom. The van der Waals surface area contributed by atoms with Crippen LogP contribution >= 0.6 is 27.5 Å². The molecule has 8 nitrogen and oxygen atoms in total. The first-order valence-electron chi connectivity index (χ1n) is 7.55. The van der Waals surface area contributed by atoms with Crippen LogP contribution in [0.4, 0.5) is 5.69 Å². The summed E-state index contributed by atoms with van der Waals surface area (Å²) in [6.07, 6.45) is 1.37. The second-order valence-electron chi connectivity index (χ2n) is 5.22. The topological polar surface area (TPSA) is 98.2 Å². The number of carbonyl (C=O) groups excluding carboxylic acids is 2. The molecule has 2 N–H and O–H groups in total. The summed E-state index contributed by atoms with van der Waals surface area (Å²) in [6, 6.07) is 8.07. The summed E-state index contributed by atoms with van der Waals surface area (Å²) in [5.74, 6) is -0.328. The van der Waals surface area contributed by atoms with Gasteiger partial charge in [0.25, 0.3) is 0 Å². The minimum atomic E-state index is -0.954. The predicted molar refractivity (Wildman–Crippen MR) is 103 cm³/mol. The summed E-state index contributed by atoms with van der Waals surface area (Å²) in [6.45, 7) is 0.145. The number of hydrogen-bond acceptors (Lipinski definition) is 6. The molecule has 0 aromatic heterocycles. The number of nitrogens with zero attached hydrogens (tertiary/aromatic N) is 1. The van der Waals surface area contributed by atoms with Crippen LogP contribution in [0.2, 0.25) is 5.02 Å². The highest BCUT2D eigenvalue weighted by Gasteiger charge is 2.17. The molecular formula is C17H13BrClN3O5. The second-order valence-corrected chi connectivity index (χ2v) is 6.52. The smallest absolute Gasteiger partial charge is 0.329 e. The van der Waals surface area contributed by atoms with Gasteiger partial charge in [0.15, 0.2) is 11.5 Å². The molecule has 1 aliphatic heterocycles. The van der Waals surface area contributed by atoms with Crippen LogP contribution in [0.25, 0.3) is 0 Å². The zero-order valence-electron chi connectivity index (χ0n) is 13.9. The Labute approximate surface area is 167 Å². The van der Waals surface area contributed by atoms with Crippen LogP contribution in [0.5, 0.6) is 17.2 Å². The van der Waals surface area contributed by atoms with Crippen LogP contribution in [-0.4, -0.2) is 31.9 Å². The molecule has 0 atom stereocenters. The summed E-state index contributed by atoms with van der Waals surface area (Å²) in [5, 5.41) is 6.58. The van der Waals surface area contributed by atoms with Crippen LogP contribution in [0.3, 0.4) is 0 Å². The Hall–Kier alpha value is -2.78. The Kier molecular flexibility index (Phi) is 5.82. The fourth-order valence-electron chi connectivity index (χ4n) is 2.20. The number of halogens is 2. The van der Waals surface area contributed by atoms with Crippen LogP contribution in [0.1, 0.15) is 5.56 Å². The molecule has 0 bridgehead atoms. The minimum Gasteiger partial charge on any atom is -0.495 e. The molecule has 0 radical (unpaired) electrons. The van der Waals surface area contributed by atoms with Crippen LogP contribution in [0.15, 0.2) is 39.9 Å². The number of carbonyl (C=O) groups is 2. The van der Waals surface area contributed by atoms with E-state index in [1.165, 1.54) is 19.4 Å². The fourth-order valence-corrected chi connectivity index (χ4v) is 2.80. The lowest BCUT2D eigenvalue weighted by atomic mass is 10.2. The average molecular weight is 455 g/mol. The summed E-state index contributed by atoms with van der Waals surface area (Å²) in [5.41, 5.74) is 3.06. The number of benzene rings is 2. The fraction of sp³-hybridized carbons (Fsp3) is 0.118. The Bertz CT molecular complexity index is 935. The van der Waals surface area contributed by atoms with Gasteiger partial charge in [-0.25, -0.2) is 5.43 Å². The van der Waals surface area contributed by atoms with Crippen molar-refractivity contribution in [2.24, 2.45) is 5.10 Å². The third-order valence-electron chi connectivity index (χ3n) is 3.48. The zero-order chi connectivity index (χ0) is 19.4. The summed E-state index contributed by atoms with van der Waals surface area (Å²) >= 11 is 9.26. The van der Waals surface area contributed by atoms with Crippen LogP contribution in [0, 0.1) is 0 Å². The number of nitrogens with one attached hydrogen (secondary N) is 2. The van der Waals surface area contributed by atoms with Gasteiger partial charge < -0.3 is 19.5 Å². The number of anilines is 1. The van der Waals surface area contributed by atoms with Crippen molar-refractivity contribution in [1.82, 2.24) is 5.43 Å². The van der Waals surface area contributed by atoms with Gasteiger partial charge in [-0.3, -0.25) is 9.59 Å². The largest absolute Gasteiger partial charge is 0.495 e. The molecule has 2 amide bonds. The van der Waals surface area contributed by atoms with E-state index in [9.17, 15) is 9.59 Å². The molecule has 2 aromatic carbocycles. The molecule has 3 rings (SSSR count). The monoisotopic (exact) mass is 453 g/mol. The molecular weight excluding hydrogens is 442 g/mol. The number of ether oxygens (including phenoxy) is 3. The molecule has 0 aliphatic carbocycles. The molecule has 0 unspecified atom stereocenters. The van der Waals surface area contributed by atoms with Gasteiger partial charge in [-0.2, -0.15) is 5.10 Å². The van der Waals surface area contributed by atoms with Gasteiger partial charge in [0.1, 0.15) is 5.75 Å². The first kappa shape index (κ1) is 19.0. The summed E-state index contributed by atoms with van der Waals surface area (Å²) in [4.78, 5) is 23.9. The predicted octanol–water partition coefficient (Wildman–Crippen LogP) is 2.93. The SMILES string of the molecule is COc1ccc(Cl)cc1NC(=O)C(=O)N/N=C\c1cc2c(cc1Br)OCO2. The third-order valence-corrected chi connectivity index (χ3v) is 4.40. The van der Waals surface area contributed by atoms with E-state index in [1.807, 2.05) is 0 Å². The standard InChI is InChI=1S/C17H13BrClN3O5/c1-25-13-3-2-10(19)5-12(13)21-16(23)17(24)22-20-7-9-4-14-15(6-11(9)18)27-8-26-14/h2-7H,8H2,1H3,(H,21,23)(H,22,24)/b20-7-. The normalized spacial score (nSPS) is 12.1. The highest BCUT2D eigenvalue weighted by Crippen LogP contribution is 2.36. The molecule has 140 valence electrons. The molecule has 0 spiro atoms. The highest BCUT2D eigenvalue weighted by molar-refractivity contribution is 9.10. The van der Waals surface area contributed by atoms with Crippen molar-refractivity contribution in [1.29, 1.82) is 0 Å². The van der Waals surface area contributed by atoms with E-state index in [0.717, 1.165) is 0 Å². The van der Waals surface area contributed by atoms with Crippen molar-refractivity contribution >= 4 is 51.2 Å². The Morgan fingerprint density at radius 2 is 1.96 bits per heavy atom. The lowest BCUT2D eigenvalue weighted by Gasteiger charge is -2.09. The molecule has 0 fully saturated rings. The van der Waals surface area contributed by atoms with Crippen LogP contribution in [-0.2, 0) is 9.59 Å². The van der Waals surface area contributed by atoms with E-state index in [2.05, 4.69) is 31.8 Å².